The molecule has 0 unspecified atom stereocenters. The van der Waals surface area contributed by atoms with Crippen LogP contribution in [-0.4, -0.2) is 26.8 Å². The van der Waals surface area contributed by atoms with Gasteiger partial charge in [-0.15, -0.1) is 0 Å². The van der Waals surface area contributed by atoms with Gasteiger partial charge in [-0.3, -0.25) is 20.4 Å². The summed E-state index contributed by atoms with van der Waals surface area (Å²) in [4.78, 5) is 24.9. The van der Waals surface area contributed by atoms with Crippen LogP contribution in [0.4, 0.5) is 0 Å². The number of amides is 2. The minimum absolute atomic E-state index is 0.0640. The van der Waals surface area contributed by atoms with E-state index in [0.29, 0.717) is 5.75 Å². The summed E-state index contributed by atoms with van der Waals surface area (Å²) in [5, 5.41) is 0. The molecule has 3 aromatic rings. The molecule has 33 heavy (non-hydrogen) atoms. The summed E-state index contributed by atoms with van der Waals surface area (Å²) in [6.07, 6.45) is 1.55. The van der Waals surface area contributed by atoms with E-state index in [2.05, 4.69) is 22.2 Å². The number of hydrogen-bond donors (Lipinski definition) is 3. The highest BCUT2D eigenvalue weighted by Crippen LogP contribution is 2.17. The highest BCUT2D eigenvalue weighted by atomic mass is 32.2. The smallest absolute Gasteiger partial charge is 0.273 e. The van der Waals surface area contributed by atoms with Crippen LogP contribution in [0.1, 0.15) is 26.3 Å². The van der Waals surface area contributed by atoms with Gasteiger partial charge in [-0.05, 0) is 35.9 Å². The molecule has 0 radical (unpaired) electrons. The highest BCUT2D eigenvalue weighted by molar-refractivity contribution is 7.89. The molecule has 0 atom stereocenters. The number of ether oxygens (including phenoxy) is 1. The first-order valence-corrected chi connectivity index (χ1v) is 11.5. The van der Waals surface area contributed by atoms with Crippen molar-refractivity contribution in [3.05, 3.63) is 108 Å². The minimum atomic E-state index is -3.85. The van der Waals surface area contributed by atoms with E-state index in [9.17, 15) is 18.0 Å². The SMILES string of the molecule is C=CCOc1ccccc1C(=O)NNC(=O)c1cccc(S(=O)(=O)NCc2ccccc2)c1. The van der Waals surface area contributed by atoms with Crippen LogP contribution in [0.5, 0.6) is 5.75 Å². The lowest BCUT2D eigenvalue weighted by atomic mass is 10.2. The number of hydrazine groups is 1. The van der Waals surface area contributed by atoms with Gasteiger partial charge in [0.25, 0.3) is 11.8 Å². The van der Waals surface area contributed by atoms with E-state index in [0.717, 1.165) is 5.56 Å². The second-order valence-corrected chi connectivity index (χ2v) is 8.61. The van der Waals surface area contributed by atoms with E-state index in [1.807, 2.05) is 18.2 Å². The van der Waals surface area contributed by atoms with Gasteiger partial charge in [-0.1, -0.05) is 61.2 Å². The van der Waals surface area contributed by atoms with E-state index >= 15 is 0 Å². The van der Waals surface area contributed by atoms with Gasteiger partial charge in [0.2, 0.25) is 10.0 Å². The molecule has 0 spiro atoms. The van der Waals surface area contributed by atoms with Crippen LogP contribution in [0.3, 0.4) is 0 Å². The van der Waals surface area contributed by atoms with Gasteiger partial charge >= 0.3 is 0 Å². The number of carbonyl (C=O) groups is 2. The third-order valence-electron chi connectivity index (χ3n) is 4.49. The van der Waals surface area contributed by atoms with E-state index in [1.165, 1.54) is 24.3 Å². The van der Waals surface area contributed by atoms with Crippen LogP contribution < -0.4 is 20.3 Å². The lowest BCUT2D eigenvalue weighted by molar-refractivity contribution is 0.0844. The van der Waals surface area contributed by atoms with Crippen molar-refractivity contribution in [3.63, 3.8) is 0 Å². The monoisotopic (exact) mass is 465 g/mol. The number of carbonyl (C=O) groups excluding carboxylic acids is 2. The van der Waals surface area contributed by atoms with Crippen molar-refractivity contribution >= 4 is 21.8 Å². The van der Waals surface area contributed by atoms with Crippen LogP contribution in [-0.2, 0) is 16.6 Å². The molecular weight excluding hydrogens is 442 g/mol. The van der Waals surface area contributed by atoms with Gasteiger partial charge in [0.05, 0.1) is 10.5 Å². The molecule has 170 valence electrons. The molecule has 2 amide bonds. The molecule has 8 nitrogen and oxygen atoms in total. The number of hydrogen-bond acceptors (Lipinski definition) is 5. The first-order valence-electron chi connectivity index (χ1n) is 9.98. The Morgan fingerprint density at radius 3 is 2.33 bits per heavy atom. The molecule has 0 aromatic heterocycles. The van der Waals surface area contributed by atoms with Gasteiger partial charge in [0, 0.05) is 12.1 Å². The van der Waals surface area contributed by atoms with Crippen molar-refractivity contribution in [1.82, 2.24) is 15.6 Å². The van der Waals surface area contributed by atoms with Crippen LogP contribution in [0.15, 0.2) is 96.4 Å². The van der Waals surface area contributed by atoms with Crippen molar-refractivity contribution in [2.24, 2.45) is 0 Å². The average molecular weight is 466 g/mol. The highest BCUT2D eigenvalue weighted by Gasteiger charge is 2.17. The second kappa shape index (κ2) is 11.1. The lowest BCUT2D eigenvalue weighted by Crippen LogP contribution is -2.41. The largest absolute Gasteiger partial charge is 0.489 e. The number of nitrogens with one attached hydrogen (secondary N) is 3. The zero-order chi connectivity index (χ0) is 23.7. The molecule has 0 fully saturated rings. The van der Waals surface area contributed by atoms with Crippen LogP contribution in [0.2, 0.25) is 0 Å². The van der Waals surface area contributed by atoms with E-state index in [4.69, 9.17) is 4.74 Å². The molecule has 0 aliphatic heterocycles. The number of para-hydroxylation sites is 1. The molecule has 0 saturated heterocycles. The summed E-state index contributed by atoms with van der Waals surface area (Å²) in [6, 6.07) is 21.1. The molecule has 0 aliphatic rings. The van der Waals surface area contributed by atoms with Crippen molar-refractivity contribution in [1.29, 1.82) is 0 Å². The normalized spacial score (nSPS) is 10.8. The molecule has 3 rings (SSSR count). The number of benzene rings is 3. The summed E-state index contributed by atoms with van der Waals surface area (Å²) in [5.74, 6) is -0.925. The number of sulfonamides is 1. The molecule has 3 aromatic carbocycles. The molecule has 3 N–H and O–H groups in total. The Morgan fingerprint density at radius 2 is 1.58 bits per heavy atom. The summed E-state index contributed by atoms with van der Waals surface area (Å²) >= 11 is 0. The quantitative estimate of drug-likeness (QED) is 0.332. The Morgan fingerprint density at radius 1 is 0.879 bits per heavy atom. The predicted molar refractivity (Wildman–Crippen MR) is 124 cm³/mol. The van der Waals surface area contributed by atoms with Crippen molar-refractivity contribution in [2.75, 3.05) is 6.61 Å². The second-order valence-electron chi connectivity index (χ2n) is 6.84. The zero-order valence-corrected chi connectivity index (χ0v) is 18.5. The van der Waals surface area contributed by atoms with Crippen molar-refractivity contribution < 1.29 is 22.7 Å². The van der Waals surface area contributed by atoms with Crippen molar-refractivity contribution in [3.8, 4) is 5.75 Å². The van der Waals surface area contributed by atoms with Gasteiger partial charge in [0.15, 0.2) is 0 Å². The minimum Gasteiger partial charge on any atom is -0.489 e. The fraction of sp³-hybridized carbons (Fsp3) is 0.0833. The van der Waals surface area contributed by atoms with Gasteiger partial charge < -0.3 is 4.74 Å². The third-order valence-corrected chi connectivity index (χ3v) is 5.89. The van der Waals surface area contributed by atoms with E-state index in [1.54, 1.807) is 42.5 Å². The van der Waals surface area contributed by atoms with Gasteiger partial charge in [-0.2, -0.15) is 0 Å². The van der Waals surface area contributed by atoms with E-state index in [-0.39, 0.29) is 29.2 Å². The topological polar surface area (TPSA) is 114 Å². The lowest BCUT2D eigenvalue weighted by Gasteiger charge is -2.12. The molecule has 0 aliphatic carbocycles. The summed E-state index contributed by atoms with van der Waals surface area (Å²) in [5.41, 5.74) is 5.69. The fourth-order valence-corrected chi connectivity index (χ4v) is 3.91. The molecule has 0 heterocycles. The first-order chi connectivity index (χ1) is 15.9. The van der Waals surface area contributed by atoms with Gasteiger partial charge in [-0.25, -0.2) is 13.1 Å². The first kappa shape index (κ1) is 23.7. The van der Waals surface area contributed by atoms with Crippen LogP contribution in [0, 0.1) is 0 Å². The standard InChI is InChI=1S/C24H23N3O5S/c1-2-15-32-22-14-7-6-13-21(22)24(29)27-26-23(28)19-11-8-12-20(16-19)33(30,31)25-17-18-9-4-3-5-10-18/h2-14,16,25H,1,15,17H2,(H,26,28)(H,27,29). The Hall–Kier alpha value is -3.95. The van der Waals surface area contributed by atoms with Gasteiger partial charge in [0.1, 0.15) is 12.4 Å². The average Bonchev–Trinajstić information content (AvgIpc) is 2.85. The Labute approximate surface area is 192 Å². The Balaban J connectivity index is 1.65. The van der Waals surface area contributed by atoms with Crippen LogP contribution >= 0.6 is 0 Å². The Kier molecular flexibility index (Phi) is 7.96. The number of rotatable bonds is 9. The molecule has 0 bridgehead atoms. The summed E-state index contributed by atoms with van der Waals surface area (Å²) in [7, 11) is -3.85. The van der Waals surface area contributed by atoms with E-state index < -0.39 is 21.8 Å². The zero-order valence-electron chi connectivity index (χ0n) is 17.7. The molecule has 0 saturated carbocycles. The van der Waals surface area contributed by atoms with Crippen molar-refractivity contribution in [2.45, 2.75) is 11.4 Å². The predicted octanol–water partition coefficient (Wildman–Crippen LogP) is 2.80. The molecule has 9 heteroatoms. The maximum Gasteiger partial charge on any atom is 0.273 e. The fourth-order valence-electron chi connectivity index (χ4n) is 2.84. The summed E-state index contributed by atoms with van der Waals surface area (Å²) in [6.45, 7) is 3.90. The maximum atomic E-state index is 12.6. The third kappa shape index (κ3) is 6.52. The molecular formula is C24H23N3O5S. The maximum absolute atomic E-state index is 12.6. The Bertz CT molecular complexity index is 1240. The summed E-state index contributed by atoms with van der Waals surface area (Å²) < 4.78 is 33.2. The van der Waals surface area contributed by atoms with Crippen LogP contribution in [0.25, 0.3) is 0 Å².